The Kier molecular flexibility index (Phi) is 2.59. The van der Waals surface area contributed by atoms with Gasteiger partial charge in [0.05, 0.1) is 18.3 Å². The van der Waals surface area contributed by atoms with Crippen LogP contribution in [0.5, 0.6) is 5.75 Å². The van der Waals surface area contributed by atoms with Crippen molar-refractivity contribution in [2.75, 3.05) is 12.4 Å². The number of carbonyl (C=O) groups is 1. The molecule has 3 N–H and O–H groups in total. The van der Waals surface area contributed by atoms with Crippen molar-refractivity contribution >= 4 is 22.6 Å². The number of urea groups is 1. The lowest BCUT2D eigenvalue weighted by Crippen LogP contribution is -2.19. The van der Waals surface area contributed by atoms with E-state index in [2.05, 4.69) is 10.3 Å². The van der Waals surface area contributed by atoms with Crippen LogP contribution in [0.4, 0.5) is 10.5 Å². The molecule has 0 aliphatic heterocycles. The van der Waals surface area contributed by atoms with E-state index >= 15 is 0 Å². The van der Waals surface area contributed by atoms with Crippen molar-refractivity contribution in [3.05, 3.63) is 30.5 Å². The van der Waals surface area contributed by atoms with Crippen LogP contribution in [-0.4, -0.2) is 18.1 Å². The molecular weight excluding hydrogens is 206 g/mol. The second kappa shape index (κ2) is 4.06. The largest absolute Gasteiger partial charge is 0.495 e. The molecule has 5 heteroatoms. The third-order valence-electron chi connectivity index (χ3n) is 2.21. The molecule has 1 aromatic heterocycles. The van der Waals surface area contributed by atoms with Crippen LogP contribution in [0.15, 0.2) is 30.5 Å². The topological polar surface area (TPSA) is 77.2 Å². The molecule has 2 aromatic rings. The molecule has 0 atom stereocenters. The first kappa shape index (κ1) is 10.2. The van der Waals surface area contributed by atoms with Crippen LogP contribution >= 0.6 is 0 Å². The number of hydrogen-bond donors (Lipinski definition) is 2. The summed E-state index contributed by atoms with van der Waals surface area (Å²) in [5.41, 5.74) is 6.43. The van der Waals surface area contributed by atoms with Crippen molar-refractivity contribution in [2.24, 2.45) is 5.73 Å². The molecule has 1 aromatic carbocycles. The van der Waals surface area contributed by atoms with E-state index in [1.807, 2.05) is 12.1 Å². The van der Waals surface area contributed by atoms with Gasteiger partial charge in [-0.3, -0.25) is 4.98 Å². The predicted molar refractivity (Wildman–Crippen MR) is 61.5 cm³/mol. The van der Waals surface area contributed by atoms with Crippen molar-refractivity contribution in [3.63, 3.8) is 0 Å². The number of nitrogens with two attached hydrogens (primary N) is 1. The lowest BCUT2D eigenvalue weighted by Gasteiger charge is -2.11. The molecule has 82 valence electrons. The normalized spacial score (nSPS) is 10.1. The summed E-state index contributed by atoms with van der Waals surface area (Å²) < 4.78 is 5.16. The smallest absolute Gasteiger partial charge is 0.316 e. The van der Waals surface area contributed by atoms with Gasteiger partial charge in [-0.15, -0.1) is 0 Å². The third-order valence-corrected chi connectivity index (χ3v) is 2.21. The summed E-state index contributed by atoms with van der Waals surface area (Å²) in [6.45, 7) is 0. The van der Waals surface area contributed by atoms with Crippen LogP contribution in [0.25, 0.3) is 10.9 Å². The molecule has 5 nitrogen and oxygen atoms in total. The van der Waals surface area contributed by atoms with E-state index < -0.39 is 6.03 Å². The van der Waals surface area contributed by atoms with Gasteiger partial charge in [-0.1, -0.05) is 0 Å². The molecule has 0 unspecified atom stereocenters. The Hall–Kier alpha value is -2.30. The Morgan fingerprint density at radius 3 is 2.94 bits per heavy atom. The highest BCUT2D eigenvalue weighted by atomic mass is 16.5. The number of amides is 2. The van der Waals surface area contributed by atoms with Gasteiger partial charge < -0.3 is 15.8 Å². The van der Waals surface area contributed by atoms with E-state index in [1.165, 1.54) is 7.11 Å². The summed E-state index contributed by atoms with van der Waals surface area (Å²) in [6.07, 6.45) is 1.68. The first-order valence-corrected chi connectivity index (χ1v) is 4.70. The van der Waals surface area contributed by atoms with Crippen LogP contribution in [0, 0.1) is 0 Å². The number of rotatable bonds is 2. The number of fused-ring (bicyclic) bond motifs is 1. The van der Waals surface area contributed by atoms with Crippen LogP contribution in [-0.2, 0) is 0 Å². The molecule has 2 rings (SSSR count). The molecule has 0 spiro atoms. The molecular formula is C11H11N3O2. The van der Waals surface area contributed by atoms with Crippen molar-refractivity contribution < 1.29 is 9.53 Å². The number of benzene rings is 1. The van der Waals surface area contributed by atoms with Crippen LogP contribution in [0.1, 0.15) is 0 Å². The SMILES string of the molecule is COc1ccc2ncccc2c1NC(N)=O. The van der Waals surface area contributed by atoms with Crippen molar-refractivity contribution in [2.45, 2.75) is 0 Å². The first-order chi connectivity index (χ1) is 7.72. The Morgan fingerprint density at radius 1 is 1.44 bits per heavy atom. The van der Waals surface area contributed by atoms with Gasteiger partial charge in [-0.05, 0) is 24.3 Å². The van der Waals surface area contributed by atoms with Gasteiger partial charge in [-0.25, -0.2) is 4.79 Å². The monoisotopic (exact) mass is 217 g/mol. The van der Waals surface area contributed by atoms with Crippen LogP contribution in [0.2, 0.25) is 0 Å². The molecule has 0 fully saturated rings. The zero-order chi connectivity index (χ0) is 11.5. The molecule has 0 aliphatic carbocycles. The molecule has 0 bridgehead atoms. The zero-order valence-corrected chi connectivity index (χ0v) is 8.73. The summed E-state index contributed by atoms with van der Waals surface area (Å²) in [5, 5.41) is 3.33. The number of primary amides is 1. The van der Waals surface area contributed by atoms with Gasteiger partial charge >= 0.3 is 6.03 Å². The van der Waals surface area contributed by atoms with E-state index in [-0.39, 0.29) is 0 Å². The van der Waals surface area contributed by atoms with E-state index in [9.17, 15) is 4.79 Å². The molecule has 16 heavy (non-hydrogen) atoms. The molecule has 0 saturated carbocycles. The van der Waals surface area contributed by atoms with Crippen molar-refractivity contribution in [1.82, 2.24) is 4.98 Å². The Morgan fingerprint density at radius 2 is 2.25 bits per heavy atom. The van der Waals surface area contributed by atoms with Gasteiger partial charge in [0.2, 0.25) is 0 Å². The Balaban J connectivity index is 2.67. The van der Waals surface area contributed by atoms with Crippen molar-refractivity contribution in [3.8, 4) is 5.75 Å². The number of pyridine rings is 1. The number of hydrogen-bond acceptors (Lipinski definition) is 3. The zero-order valence-electron chi connectivity index (χ0n) is 8.73. The number of methoxy groups -OCH3 is 1. The minimum atomic E-state index is -0.630. The maximum Gasteiger partial charge on any atom is 0.316 e. The minimum Gasteiger partial charge on any atom is -0.495 e. The van der Waals surface area contributed by atoms with Crippen LogP contribution in [0.3, 0.4) is 0 Å². The fourth-order valence-corrected chi connectivity index (χ4v) is 1.55. The summed E-state index contributed by atoms with van der Waals surface area (Å²) in [7, 11) is 1.53. The molecule has 1 heterocycles. The van der Waals surface area contributed by atoms with Crippen LogP contribution < -0.4 is 15.8 Å². The Bertz CT molecular complexity index is 540. The summed E-state index contributed by atoms with van der Waals surface area (Å²) in [5.74, 6) is 0.555. The fraction of sp³-hybridized carbons (Fsp3) is 0.0909. The third kappa shape index (κ3) is 1.75. The van der Waals surface area contributed by atoms with E-state index in [0.717, 1.165) is 10.9 Å². The predicted octanol–water partition coefficient (Wildman–Crippen LogP) is 1.73. The molecule has 0 saturated heterocycles. The lowest BCUT2D eigenvalue weighted by atomic mass is 10.1. The average Bonchev–Trinajstić information content (AvgIpc) is 2.29. The second-order valence-corrected chi connectivity index (χ2v) is 3.20. The minimum absolute atomic E-state index is 0.542. The van der Waals surface area contributed by atoms with Crippen molar-refractivity contribution in [1.29, 1.82) is 0 Å². The fourth-order valence-electron chi connectivity index (χ4n) is 1.55. The quantitative estimate of drug-likeness (QED) is 0.804. The number of aromatic nitrogens is 1. The highest BCUT2D eigenvalue weighted by Gasteiger charge is 2.09. The van der Waals surface area contributed by atoms with Gasteiger partial charge in [0, 0.05) is 11.6 Å². The summed E-state index contributed by atoms with van der Waals surface area (Å²) >= 11 is 0. The number of nitrogens with zero attached hydrogens (tertiary/aromatic N) is 1. The van der Waals surface area contributed by atoms with E-state index in [0.29, 0.717) is 11.4 Å². The lowest BCUT2D eigenvalue weighted by molar-refractivity contribution is 0.259. The standard InChI is InChI=1S/C11H11N3O2/c1-16-9-5-4-8-7(3-2-6-13-8)10(9)14-11(12)15/h2-6H,1H3,(H3,12,14,15). The number of anilines is 1. The number of nitrogens with one attached hydrogen (secondary N) is 1. The highest BCUT2D eigenvalue weighted by molar-refractivity contribution is 6.02. The van der Waals surface area contributed by atoms with E-state index in [1.54, 1.807) is 18.3 Å². The molecule has 2 amide bonds. The van der Waals surface area contributed by atoms with Gasteiger partial charge in [0.15, 0.2) is 0 Å². The van der Waals surface area contributed by atoms with Gasteiger partial charge in [0.1, 0.15) is 5.75 Å². The van der Waals surface area contributed by atoms with Gasteiger partial charge in [0.25, 0.3) is 0 Å². The first-order valence-electron chi connectivity index (χ1n) is 4.70. The number of carbonyl (C=O) groups excluding carboxylic acids is 1. The summed E-state index contributed by atoms with van der Waals surface area (Å²) in [4.78, 5) is 15.1. The average molecular weight is 217 g/mol. The molecule has 0 aliphatic rings. The second-order valence-electron chi connectivity index (χ2n) is 3.20. The molecule has 0 radical (unpaired) electrons. The maximum atomic E-state index is 10.9. The number of ether oxygens (including phenoxy) is 1. The Labute approximate surface area is 92.2 Å². The summed E-state index contributed by atoms with van der Waals surface area (Å²) in [6, 6.07) is 6.56. The maximum absolute atomic E-state index is 10.9. The van der Waals surface area contributed by atoms with E-state index in [4.69, 9.17) is 10.5 Å². The highest BCUT2D eigenvalue weighted by Crippen LogP contribution is 2.31. The van der Waals surface area contributed by atoms with Gasteiger partial charge in [-0.2, -0.15) is 0 Å².